The lowest BCUT2D eigenvalue weighted by atomic mass is 10.0. The molecule has 4 heteroatoms. The molecule has 106 valence electrons. The van der Waals surface area contributed by atoms with E-state index in [4.69, 9.17) is 4.98 Å². The van der Waals surface area contributed by atoms with Crippen LogP contribution in [0, 0.1) is 0 Å². The zero-order valence-electron chi connectivity index (χ0n) is 12.0. The monoisotopic (exact) mass is 271 g/mol. The van der Waals surface area contributed by atoms with Crippen LogP contribution in [0.2, 0.25) is 0 Å². The fourth-order valence-electron chi connectivity index (χ4n) is 2.90. The summed E-state index contributed by atoms with van der Waals surface area (Å²) >= 11 is 0. The third-order valence-corrected chi connectivity index (χ3v) is 3.89. The summed E-state index contributed by atoms with van der Waals surface area (Å²) in [4.78, 5) is 9.26. The van der Waals surface area contributed by atoms with Crippen molar-refractivity contribution in [2.75, 3.05) is 0 Å². The molecule has 2 aromatic heterocycles. The Morgan fingerprint density at radius 3 is 2.90 bits per heavy atom. The van der Waals surface area contributed by atoms with Crippen molar-refractivity contribution in [3.63, 3.8) is 0 Å². The molecular formula is C16H21N3O. The fourth-order valence-corrected chi connectivity index (χ4v) is 2.90. The van der Waals surface area contributed by atoms with Gasteiger partial charge in [-0.3, -0.25) is 4.57 Å². The number of aliphatic hydroxyl groups is 1. The molecule has 20 heavy (non-hydrogen) atoms. The first-order valence-electron chi connectivity index (χ1n) is 7.48. The maximum absolute atomic E-state index is 9.44. The van der Waals surface area contributed by atoms with E-state index in [1.54, 1.807) is 0 Å². The Hall–Kier alpha value is -1.68. The van der Waals surface area contributed by atoms with Gasteiger partial charge in [-0.25, -0.2) is 9.97 Å². The van der Waals surface area contributed by atoms with Crippen LogP contribution < -0.4 is 0 Å². The summed E-state index contributed by atoms with van der Waals surface area (Å²) in [6.07, 6.45) is 8.49. The minimum Gasteiger partial charge on any atom is -0.392 e. The molecule has 0 radical (unpaired) electrons. The Kier molecular flexibility index (Phi) is 3.83. The summed E-state index contributed by atoms with van der Waals surface area (Å²) in [5.74, 6) is 0.899. The fraction of sp³-hybridized carbons (Fsp3) is 0.500. The van der Waals surface area contributed by atoms with Crippen LogP contribution >= 0.6 is 0 Å². The number of imidazole rings is 1. The minimum absolute atomic E-state index is 0.0587. The van der Waals surface area contributed by atoms with Crippen LogP contribution in [-0.2, 0) is 25.9 Å². The first-order chi connectivity index (χ1) is 9.81. The van der Waals surface area contributed by atoms with Gasteiger partial charge < -0.3 is 5.11 Å². The first-order valence-corrected chi connectivity index (χ1v) is 7.48. The highest BCUT2D eigenvalue weighted by molar-refractivity contribution is 5.35. The summed E-state index contributed by atoms with van der Waals surface area (Å²) in [5, 5.41) is 9.44. The molecule has 0 atom stereocenters. The van der Waals surface area contributed by atoms with E-state index in [1.165, 1.54) is 24.2 Å². The number of hydrogen-bond acceptors (Lipinski definition) is 3. The highest BCUT2D eigenvalue weighted by atomic mass is 16.3. The number of pyridine rings is 1. The van der Waals surface area contributed by atoms with Gasteiger partial charge in [0.25, 0.3) is 0 Å². The van der Waals surface area contributed by atoms with Crippen molar-refractivity contribution >= 4 is 0 Å². The van der Waals surface area contributed by atoms with Gasteiger partial charge in [-0.1, -0.05) is 13.3 Å². The van der Waals surface area contributed by atoms with Crippen molar-refractivity contribution in [3.05, 3.63) is 41.1 Å². The molecule has 0 saturated heterocycles. The van der Waals surface area contributed by atoms with Crippen molar-refractivity contribution in [1.82, 2.24) is 14.5 Å². The summed E-state index contributed by atoms with van der Waals surface area (Å²) in [6, 6.07) is 3.96. The van der Waals surface area contributed by atoms with Crippen molar-refractivity contribution in [2.24, 2.45) is 0 Å². The van der Waals surface area contributed by atoms with Crippen LogP contribution in [-0.4, -0.2) is 19.6 Å². The van der Waals surface area contributed by atoms with Crippen LogP contribution in [0.4, 0.5) is 0 Å². The number of fused-ring (bicyclic) bond motifs is 1. The molecule has 0 aromatic carbocycles. The average molecular weight is 271 g/mol. The molecule has 2 heterocycles. The predicted octanol–water partition coefficient (Wildman–Crippen LogP) is 2.59. The van der Waals surface area contributed by atoms with Crippen LogP contribution in [0.3, 0.4) is 0 Å². The summed E-state index contributed by atoms with van der Waals surface area (Å²) in [5.41, 5.74) is 4.48. The van der Waals surface area contributed by atoms with E-state index in [0.29, 0.717) is 0 Å². The van der Waals surface area contributed by atoms with E-state index in [9.17, 15) is 5.11 Å². The predicted molar refractivity (Wildman–Crippen MR) is 77.9 cm³/mol. The second-order valence-electron chi connectivity index (χ2n) is 5.45. The van der Waals surface area contributed by atoms with E-state index in [-0.39, 0.29) is 6.61 Å². The molecule has 0 saturated carbocycles. The van der Waals surface area contributed by atoms with Crippen molar-refractivity contribution in [2.45, 2.75) is 52.1 Å². The summed E-state index contributed by atoms with van der Waals surface area (Å²) < 4.78 is 2.10. The number of aromatic nitrogens is 3. The van der Waals surface area contributed by atoms with E-state index >= 15 is 0 Å². The number of aliphatic hydroxyl groups excluding tert-OH is 1. The van der Waals surface area contributed by atoms with Crippen molar-refractivity contribution in [1.29, 1.82) is 0 Å². The van der Waals surface area contributed by atoms with E-state index in [1.807, 2.05) is 18.5 Å². The summed E-state index contributed by atoms with van der Waals surface area (Å²) in [7, 11) is 0. The molecule has 0 fully saturated rings. The summed E-state index contributed by atoms with van der Waals surface area (Å²) in [6.45, 7) is 2.20. The van der Waals surface area contributed by atoms with Gasteiger partial charge in [-0.05, 0) is 49.8 Å². The highest BCUT2D eigenvalue weighted by Gasteiger charge is 2.17. The number of hydrogen-bond donors (Lipinski definition) is 1. The Morgan fingerprint density at radius 2 is 2.10 bits per heavy atom. The van der Waals surface area contributed by atoms with Gasteiger partial charge in [0.2, 0.25) is 0 Å². The molecule has 0 bridgehead atoms. The SMILES string of the molecule is CCCc1cc(CO)cc(-n2cnc3c2CCCC3)n1. The maximum atomic E-state index is 9.44. The molecule has 0 spiro atoms. The lowest BCUT2D eigenvalue weighted by Crippen LogP contribution is -2.09. The Morgan fingerprint density at radius 1 is 1.25 bits per heavy atom. The molecule has 0 aliphatic heterocycles. The molecule has 2 aromatic rings. The maximum Gasteiger partial charge on any atom is 0.138 e. The van der Waals surface area contributed by atoms with Gasteiger partial charge in [0, 0.05) is 11.4 Å². The largest absolute Gasteiger partial charge is 0.392 e. The molecule has 1 aliphatic rings. The van der Waals surface area contributed by atoms with E-state index in [0.717, 1.165) is 42.8 Å². The zero-order valence-corrected chi connectivity index (χ0v) is 12.0. The van der Waals surface area contributed by atoms with E-state index < -0.39 is 0 Å². The van der Waals surface area contributed by atoms with Crippen LogP contribution in [0.1, 0.15) is 48.8 Å². The van der Waals surface area contributed by atoms with Crippen molar-refractivity contribution in [3.8, 4) is 5.82 Å². The lowest BCUT2D eigenvalue weighted by molar-refractivity contribution is 0.281. The standard InChI is InChI=1S/C16H21N3O/c1-2-5-13-8-12(10-20)9-16(18-13)19-11-17-14-6-3-4-7-15(14)19/h8-9,11,20H,2-7,10H2,1H3. The Labute approximate surface area is 119 Å². The molecule has 1 N–H and O–H groups in total. The third-order valence-electron chi connectivity index (χ3n) is 3.89. The average Bonchev–Trinajstić information content (AvgIpc) is 2.91. The highest BCUT2D eigenvalue weighted by Crippen LogP contribution is 2.23. The Bertz CT molecular complexity index is 604. The Balaban J connectivity index is 2.04. The number of nitrogens with zero attached hydrogens (tertiary/aromatic N) is 3. The number of rotatable bonds is 4. The number of aryl methyl sites for hydroxylation is 2. The van der Waals surface area contributed by atoms with Gasteiger partial charge in [-0.15, -0.1) is 0 Å². The van der Waals surface area contributed by atoms with Gasteiger partial charge >= 0.3 is 0 Å². The van der Waals surface area contributed by atoms with Crippen LogP contribution in [0.25, 0.3) is 5.82 Å². The topological polar surface area (TPSA) is 50.9 Å². The molecule has 4 nitrogen and oxygen atoms in total. The molecule has 3 rings (SSSR count). The quantitative estimate of drug-likeness (QED) is 0.930. The van der Waals surface area contributed by atoms with Gasteiger partial charge in [0.1, 0.15) is 12.1 Å². The normalized spacial score (nSPS) is 14.3. The third kappa shape index (κ3) is 2.48. The van der Waals surface area contributed by atoms with Gasteiger partial charge in [0.05, 0.1) is 12.3 Å². The molecule has 1 aliphatic carbocycles. The minimum atomic E-state index is 0.0587. The second-order valence-corrected chi connectivity index (χ2v) is 5.45. The zero-order chi connectivity index (χ0) is 13.9. The smallest absolute Gasteiger partial charge is 0.138 e. The van der Waals surface area contributed by atoms with Gasteiger partial charge in [-0.2, -0.15) is 0 Å². The molecular weight excluding hydrogens is 250 g/mol. The second kappa shape index (κ2) is 5.75. The van der Waals surface area contributed by atoms with E-state index in [2.05, 4.69) is 16.5 Å². The molecule has 0 unspecified atom stereocenters. The van der Waals surface area contributed by atoms with Crippen LogP contribution in [0.5, 0.6) is 0 Å². The van der Waals surface area contributed by atoms with Crippen molar-refractivity contribution < 1.29 is 5.11 Å². The first kappa shape index (κ1) is 13.3. The van der Waals surface area contributed by atoms with Gasteiger partial charge in [0.15, 0.2) is 0 Å². The lowest BCUT2D eigenvalue weighted by Gasteiger charge is -2.14. The van der Waals surface area contributed by atoms with Crippen LogP contribution in [0.15, 0.2) is 18.5 Å². The molecule has 0 amide bonds.